The first-order chi connectivity index (χ1) is 9.76. The molecule has 0 atom stereocenters. The van der Waals surface area contributed by atoms with E-state index in [0.29, 0.717) is 0 Å². The minimum Gasteiger partial charge on any atom is -0.310 e. The average Bonchev–Trinajstić information content (AvgIpc) is 3.30. The lowest BCUT2D eigenvalue weighted by atomic mass is 9.98. The molecule has 1 fully saturated rings. The summed E-state index contributed by atoms with van der Waals surface area (Å²) in [4.78, 5) is 0. The normalized spacial score (nSPS) is 14.5. The zero-order valence-electron chi connectivity index (χ0n) is 11.8. The Morgan fingerprint density at radius 3 is 2.50 bits per heavy atom. The second-order valence-electron chi connectivity index (χ2n) is 5.51. The monoisotopic (exact) mass is 285 g/mol. The van der Waals surface area contributed by atoms with E-state index in [4.69, 9.17) is 11.6 Å². The molecule has 104 valence electrons. The van der Waals surface area contributed by atoms with Gasteiger partial charge in [0.25, 0.3) is 0 Å². The van der Waals surface area contributed by atoms with Crippen molar-refractivity contribution in [2.75, 3.05) is 0 Å². The van der Waals surface area contributed by atoms with E-state index in [1.54, 1.807) is 0 Å². The topological polar surface area (TPSA) is 12.0 Å². The Labute approximate surface area is 126 Å². The largest absolute Gasteiger partial charge is 0.310 e. The van der Waals surface area contributed by atoms with Crippen LogP contribution in [0.2, 0.25) is 5.02 Å². The zero-order valence-corrected chi connectivity index (χ0v) is 12.6. The minimum atomic E-state index is 0.723. The first-order valence-electron chi connectivity index (χ1n) is 7.37. The van der Waals surface area contributed by atoms with Gasteiger partial charge in [0.05, 0.1) is 0 Å². The molecule has 0 saturated heterocycles. The van der Waals surface area contributed by atoms with Crippen molar-refractivity contribution in [3.63, 3.8) is 0 Å². The third kappa shape index (κ3) is 3.23. The van der Waals surface area contributed by atoms with Gasteiger partial charge in [-0.15, -0.1) is 0 Å². The van der Waals surface area contributed by atoms with Crippen LogP contribution in [0.15, 0.2) is 42.5 Å². The lowest BCUT2D eigenvalue weighted by molar-refractivity contribution is 0.689. The Morgan fingerprint density at radius 2 is 1.85 bits per heavy atom. The predicted octanol–water partition coefficient (Wildman–Crippen LogP) is 4.82. The summed E-state index contributed by atoms with van der Waals surface area (Å²) in [6.07, 6.45) is 3.70. The number of aryl methyl sites for hydroxylation is 1. The number of benzene rings is 2. The van der Waals surface area contributed by atoms with Crippen molar-refractivity contribution in [3.8, 4) is 11.1 Å². The highest BCUT2D eigenvalue weighted by Gasteiger charge is 2.20. The van der Waals surface area contributed by atoms with Crippen molar-refractivity contribution in [1.82, 2.24) is 5.32 Å². The van der Waals surface area contributed by atoms with Crippen molar-refractivity contribution in [2.24, 2.45) is 0 Å². The molecular weight excluding hydrogens is 266 g/mol. The van der Waals surface area contributed by atoms with Gasteiger partial charge in [-0.3, -0.25) is 0 Å². The van der Waals surface area contributed by atoms with Crippen molar-refractivity contribution >= 4 is 11.6 Å². The van der Waals surface area contributed by atoms with E-state index in [0.717, 1.165) is 24.0 Å². The van der Waals surface area contributed by atoms with E-state index in [1.807, 2.05) is 6.07 Å². The van der Waals surface area contributed by atoms with Gasteiger partial charge in [-0.2, -0.15) is 0 Å². The molecule has 0 radical (unpaired) electrons. The molecule has 0 unspecified atom stereocenters. The summed E-state index contributed by atoms with van der Waals surface area (Å²) in [5.41, 5.74) is 5.18. The lowest BCUT2D eigenvalue weighted by Crippen LogP contribution is -2.15. The number of hydrogen-bond acceptors (Lipinski definition) is 1. The summed E-state index contributed by atoms with van der Waals surface area (Å²) in [7, 11) is 0. The number of rotatable bonds is 5. The van der Waals surface area contributed by atoms with Crippen molar-refractivity contribution in [3.05, 3.63) is 58.6 Å². The maximum Gasteiger partial charge on any atom is 0.0412 e. The number of halogens is 1. The molecule has 3 rings (SSSR count). The number of nitrogens with one attached hydrogen (secondary N) is 1. The van der Waals surface area contributed by atoms with E-state index in [-0.39, 0.29) is 0 Å². The maximum absolute atomic E-state index is 6.18. The lowest BCUT2D eigenvalue weighted by Gasteiger charge is -2.12. The molecule has 1 aliphatic carbocycles. The average molecular weight is 286 g/mol. The highest BCUT2D eigenvalue weighted by atomic mass is 35.5. The molecule has 0 bridgehead atoms. The SMILES string of the molecule is CCc1ccc(-c2cc(Cl)ccc2CNC2CC2)cc1. The first kappa shape index (κ1) is 13.7. The molecule has 0 spiro atoms. The van der Waals surface area contributed by atoms with Crippen LogP contribution in [0.25, 0.3) is 11.1 Å². The quantitative estimate of drug-likeness (QED) is 0.830. The maximum atomic E-state index is 6.18. The fourth-order valence-corrected chi connectivity index (χ4v) is 2.61. The van der Waals surface area contributed by atoms with E-state index in [2.05, 4.69) is 48.6 Å². The second kappa shape index (κ2) is 5.99. The molecule has 2 aromatic carbocycles. The van der Waals surface area contributed by atoms with Gasteiger partial charge < -0.3 is 5.32 Å². The molecule has 2 heteroatoms. The van der Waals surface area contributed by atoms with E-state index < -0.39 is 0 Å². The Bertz CT molecular complexity index is 585. The fourth-order valence-electron chi connectivity index (χ4n) is 2.43. The van der Waals surface area contributed by atoms with Crippen LogP contribution in [-0.2, 0) is 13.0 Å². The summed E-state index contributed by atoms with van der Waals surface area (Å²) in [5, 5.41) is 4.38. The molecule has 1 nitrogen and oxygen atoms in total. The molecular formula is C18H20ClN. The Hall–Kier alpha value is -1.31. The number of hydrogen-bond donors (Lipinski definition) is 1. The van der Waals surface area contributed by atoms with Gasteiger partial charge >= 0.3 is 0 Å². The highest BCUT2D eigenvalue weighted by molar-refractivity contribution is 6.30. The van der Waals surface area contributed by atoms with Crippen molar-refractivity contribution in [2.45, 2.75) is 38.8 Å². The summed E-state index contributed by atoms with van der Waals surface area (Å²) in [6.45, 7) is 3.10. The molecule has 0 aromatic heterocycles. The second-order valence-corrected chi connectivity index (χ2v) is 5.94. The molecule has 0 amide bonds. The Kier molecular flexibility index (Phi) is 4.09. The van der Waals surface area contributed by atoms with Crippen LogP contribution in [0.1, 0.15) is 30.9 Å². The molecule has 20 heavy (non-hydrogen) atoms. The summed E-state index contributed by atoms with van der Waals surface area (Å²) in [6, 6.07) is 15.7. The third-order valence-corrected chi connectivity index (χ3v) is 4.14. The molecule has 1 aliphatic rings. The van der Waals surface area contributed by atoms with Crippen LogP contribution in [0.3, 0.4) is 0 Å². The van der Waals surface area contributed by atoms with E-state index in [9.17, 15) is 0 Å². The van der Waals surface area contributed by atoms with E-state index in [1.165, 1.54) is 35.1 Å². The van der Waals surface area contributed by atoms with Crippen LogP contribution in [0.5, 0.6) is 0 Å². The minimum absolute atomic E-state index is 0.723. The van der Waals surface area contributed by atoms with Gasteiger partial charge in [0.2, 0.25) is 0 Å². The summed E-state index contributed by atoms with van der Waals surface area (Å²) < 4.78 is 0. The van der Waals surface area contributed by atoms with Crippen LogP contribution in [0, 0.1) is 0 Å². The van der Waals surface area contributed by atoms with Crippen LogP contribution in [0.4, 0.5) is 0 Å². The Morgan fingerprint density at radius 1 is 1.10 bits per heavy atom. The van der Waals surface area contributed by atoms with Gasteiger partial charge in [0.15, 0.2) is 0 Å². The van der Waals surface area contributed by atoms with Gasteiger partial charge in [-0.05, 0) is 53.6 Å². The molecule has 0 aliphatic heterocycles. The van der Waals surface area contributed by atoms with Gasteiger partial charge in [0, 0.05) is 17.6 Å². The van der Waals surface area contributed by atoms with Crippen LogP contribution < -0.4 is 5.32 Å². The molecule has 0 heterocycles. The van der Waals surface area contributed by atoms with Crippen molar-refractivity contribution in [1.29, 1.82) is 0 Å². The van der Waals surface area contributed by atoms with E-state index >= 15 is 0 Å². The standard InChI is InChI=1S/C18H20ClN/c1-2-13-3-5-14(6-4-13)18-11-16(19)8-7-15(18)12-20-17-9-10-17/h3-8,11,17,20H,2,9-10,12H2,1H3. The first-order valence-corrected chi connectivity index (χ1v) is 7.75. The predicted molar refractivity (Wildman–Crippen MR) is 86.1 cm³/mol. The summed E-state index contributed by atoms with van der Waals surface area (Å²) >= 11 is 6.18. The fraction of sp³-hybridized carbons (Fsp3) is 0.333. The zero-order chi connectivity index (χ0) is 13.9. The smallest absolute Gasteiger partial charge is 0.0412 e. The van der Waals surface area contributed by atoms with Crippen LogP contribution >= 0.6 is 11.6 Å². The third-order valence-electron chi connectivity index (χ3n) is 3.90. The Balaban J connectivity index is 1.89. The van der Waals surface area contributed by atoms with Gasteiger partial charge in [-0.25, -0.2) is 0 Å². The molecule has 2 aromatic rings. The van der Waals surface area contributed by atoms with Crippen molar-refractivity contribution < 1.29 is 0 Å². The van der Waals surface area contributed by atoms with Gasteiger partial charge in [0.1, 0.15) is 0 Å². The van der Waals surface area contributed by atoms with Crippen LogP contribution in [-0.4, -0.2) is 6.04 Å². The molecule has 1 saturated carbocycles. The summed E-state index contributed by atoms with van der Waals surface area (Å²) in [5.74, 6) is 0. The highest BCUT2D eigenvalue weighted by Crippen LogP contribution is 2.28. The molecule has 1 N–H and O–H groups in total. The van der Waals surface area contributed by atoms with Gasteiger partial charge in [-0.1, -0.05) is 48.9 Å².